The van der Waals surface area contributed by atoms with Crippen molar-refractivity contribution in [3.8, 4) is 0 Å². The molecule has 0 heterocycles. The molecule has 2 nitrogen and oxygen atoms in total. The fraction of sp³-hybridized carbons (Fsp3) is 1.00. The molecule has 0 spiro atoms. The van der Waals surface area contributed by atoms with E-state index in [-0.39, 0.29) is 0 Å². The minimum absolute atomic E-state index is 0.642. The van der Waals surface area contributed by atoms with Gasteiger partial charge in [-0.1, -0.05) is 26.7 Å². The zero-order valence-electron chi connectivity index (χ0n) is 8.32. The zero-order chi connectivity index (χ0) is 10.2. The lowest BCUT2D eigenvalue weighted by Gasteiger charge is -2.15. The normalized spacial score (nSPS) is 11.9. The maximum Gasteiger partial charge on any atom is 0.258 e. The Kier molecular flexibility index (Phi) is 8.83. The molecule has 0 unspecified atom stereocenters. The Morgan fingerprint density at radius 3 is 1.69 bits per heavy atom. The van der Waals surface area contributed by atoms with Crippen molar-refractivity contribution in [1.29, 1.82) is 0 Å². The molecule has 13 heavy (non-hydrogen) atoms. The van der Waals surface area contributed by atoms with Crippen LogP contribution in [0.15, 0.2) is 0 Å². The molecule has 0 rings (SSSR count). The van der Waals surface area contributed by atoms with Gasteiger partial charge in [-0.25, -0.2) is 0 Å². The van der Waals surface area contributed by atoms with E-state index in [1.807, 2.05) is 0 Å². The van der Waals surface area contributed by atoms with Crippen molar-refractivity contribution in [3.05, 3.63) is 0 Å². The first-order valence-corrected chi connectivity index (χ1v) is 8.37. The van der Waals surface area contributed by atoms with E-state index in [9.17, 15) is 0 Å². The second-order valence-corrected chi connectivity index (χ2v) is 7.81. The van der Waals surface area contributed by atoms with Crippen LogP contribution in [0.4, 0.5) is 0 Å². The highest BCUT2D eigenvalue weighted by atomic mass is 32.9. The first-order chi connectivity index (χ1) is 6.12. The summed E-state index contributed by atoms with van der Waals surface area (Å²) in [6, 6.07) is 0. The van der Waals surface area contributed by atoms with Gasteiger partial charge in [0, 0.05) is 12.2 Å². The van der Waals surface area contributed by atoms with Crippen molar-refractivity contribution < 1.29 is 9.05 Å². The van der Waals surface area contributed by atoms with Crippen LogP contribution in [0, 0.1) is 0 Å². The van der Waals surface area contributed by atoms with Crippen LogP contribution in [0.1, 0.15) is 39.5 Å². The fourth-order valence-electron chi connectivity index (χ4n) is 0.679. The van der Waals surface area contributed by atoms with Crippen LogP contribution in [-0.4, -0.2) is 13.2 Å². The summed E-state index contributed by atoms with van der Waals surface area (Å²) in [7, 11) is 0. The van der Waals surface area contributed by atoms with Crippen LogP contribution < -0.4 is 0 Å². The molecule has 0 fully saturated rings. The summed E-state index contributed by atoms with van der Waals surface area (Å²) < 4.78 is 10.7. The molecule has 0 saturated heterocycles. The third-order valence-electron chi connectivity index (χ3n) is 1.49. The Hall–Kier alpha value is 0.920. The Morgan fingerprint density at radius 2 is 1.38 bits per heavy atom. The van der Waals surface area contributed by atoms with E-state index < -0.39 is 5.69 Å². The maximum atomic E-state index is 5.33. The van der Waals surface area contributed by atoms with Gasteiger partial charge in [0.2, 0.25) is 0 Å². The van der Waals surface area contributed by atoms with Gasteiger partial charge in [-0.15, -0.1) is 0 Å². The van der Waals surface area contributed by atoms with Gasteiger partial charge in [0.1, 0.15) is 0 Å². The highest BCUT2D eigenvalue weighted by Gasteiger charge is 2.12. The molecule has 0 aromatic heterocycles. The molecular formula is C8H18O2PS2. The lowest BCUT2D eigenvalue weighted by molar-refractivity contribution is 0.253. The highest BCUT2D eigenvalue weighted by molar-refractivity contribution is 8.60. The van der Waals surface area contributed by atoms with Gasteiger partial charge in [0.25, 0.3) is 5.69 Å². The predicted molar refractivity (Wildman–Crippen MR) is 63.6 cm³/mol. The van der Waals surface area contributed by atoms with Gasteiger partial charge in [-0.3, -0.25) is 0 Å². The second-order valence-electron chi connectivity index (χ2n) is 2.82. The number of hydrogen-bond acceptors (Lipinski definition) is 3. The zero-order valence-corrected chi connectivity index (χ0v) is 10.9. The van der Waals surface area contributed by atoms with Crippen molar-refractivity contribution in [3.63, 3.8) is 0 Å². The summed E-state index contributed by atoms with van der Waals surface area (Å²) in [6.45, 7) is 5.50. The molecule has 5 heteroatoms. The summed E-state index contributed by atoms with van der Waals surface area (Å²) >= 11 is 10.1. The molecule has 79 valence electrons. The molecule has 0 aliphatic rings. The molecule has 0 aliphatic heterocycles. The van der Waals surface area contributed by atoms with Crippen LogP contribution in [0.2, 0.25) is 0 Å². The van der Waals surface area contributed by atoms with Crippen molar-refractivity contribution in [1.82, 2.24) is 0 Å². The van der Waals surface area contributed by atoms with E-state index in [0.29, 0.717) is 13.2 Å². The second kappa shape index (κ2) is 8.25. The molecule has 0 amide bonds. The summed E-state index contributed by atoms with van der Waals surface area (Å²) in [4.78, 5) is 0. The summed E-state index contributed by atoms with van der Waals surface area (Å²) in [5.41, 5.74) is -2.34. The SMILES string of the molecule is CCCCOP([S])(=S)OCCCC. The molecule has 0 aromatic rings. The predicted octanol–water partition coefficient (Wildman–Crippen LogP) is 4.04. The molecule has 0 N–H and O–H groups in total. The summed E-state index contributed by atoms with van der Waals surface area (Å²) in [6.07, 6.45) is 4.21. The Bertz CT molecular complexity index is 150. The quantitative estimate of drug-likeness (QED) is 0.472. The van der Waals surface area contributed by atoms with E-state index in [1.165, 1.54) is 0 Å². The maximum absolute atomic E-state index is 5.33. The minimum atomic E-state index is -2.34. The van der Waals surface area contributed by atoms with Crippen LogP contribution in [0.25, 0.3) is 0 Å². The molecule has 0 aliphatic carbocycles. The first-order valence-electron chi connectivity index (χ1n) is 4.72. The van der Waals surface area contributed by atoms with Gasteiger partial charge in [0.05, 0.1) is 13.2 Å². The van der Waals surface area contributed by atoms with Gasteiger partial charge in [-0.05, 0) is 24.6 Å². The average molecular weight is 241 g/mol. The molecule has 0 atom stereocenters. The van der Waals surface area contributed by atoms with Crippen molar-refractivity contribution >= 4 is 29.7 Å². The van der Waals surface area contributed by atoms with Crippen molar-refractivity contribution in [2.45, 2.75) is 39.5 Å². The Labute approximate surface area is 91.7 Å². The molecule has 0 aromatic carbocycles. The first kappa shape index (κ1) is 13.9. The lowest BCUT2D eigenvalue weighted by Crippen LogP contribution is -1.94. The van der Waals surface area contributed by atoms with Crippen LogP contribution in [0.3, 0.4) is 0 Å². The van der Waals surface area contributed by atoms with E-state index >= 15 is 0 Å². The van der Waals surface area contributed by atoms with E-state index in [1.54, 1.807) is 0 Å². The number of rotatable bonds is 8. The van der Waals surface area contributed by atoms with Gasteiger partial charge < -0.3 is 9.05 Å². The molecular weight excluding hydrogens is 223 g/mol. The van der Waals surface area contributed by atoms with Crippen LogP contribution in [-0.2, 0) is 20.9 Å². The van der Waals surface area contributed by atoms with Crippen LogP contribution in [0.5, 0.6) is 0 Å². The largest absolute Gasteiger partial charge is 0.321 e. The monoisotopic (exact) mass is 241 g/mol. The Morgan fingerprint density at radius 1 is 1.00 bits per heavy atom. The van der Waals surface area contributed by atoms with Gasteiger partial charge >= 0.3 is 0 Å². The number of hydrogen-bond donors (Lipinski definition) is 0. The standard InChI is InChI=1S/C8H18O2PS2/c1-3-5-7-9-11(12,13)10-8-6-4-2/h3-8H2,1-2H3. The third-order valence-corrected chi connectivity index (χ3v) is 3.76. The summed E-state index contributed by atoms with van der Waals surface area (Å²) in [5, 5.41) is 0. The Balaban J connectivity index is 3.49. The smallest absolute Gasteiger partial charge is 0.258 e. The minimum Gasteiger partial charge on any atom is -0.321 e. The van der Waals surface area contributed by atoms with E-state index in [4.69, 9.17) is 33.1 Å². The lowest BCUT2D eigenvalue weighted by atomic mass is 10.4. The molecule has 0 saturated carbocycles. The van der Waals surface area contributed by atoms with E-state index in [0.717, 1.165) is 25.7 Å². The third kappa shape index (κ3) is 9.23. The van der Waals surface area contributed by atoms with Crippen molar-refractivity contribution in [2.24, 2.45) is 0 Å². The van der Waals surface area contributed by atoms with Gasteiger partial charge in [0.15, 0.2) is 0 Å². The summed E-state index contributed by atoms with van der Waals surface area (Å²) in [5.74, 6) is 0. The number of unbranched alkanes of at least 4 members (excludes halogenated alkanes) is 2. The highest BCUT2D eigenvalue weighted by Crippen LogP contribution is 2.53. The van der Waals surface area contributed by atoms with Crippen molar-refractivity contribution in [2.75, 3.05) is 13.2 Å². The molecule has 1 radical (unpaired) electrons. The topological polar surface area (TPSA) is 18.5 Å². The van der Waals surface area contributed by atoms with Crippen LogP contribution >= 0.6 is 17.9 Å². The fourth-order valence-corrected chi connectivity index (χ4v) is 2.35. The van der Waals surface area contributed by atoms with E-state index in [2.05, 4.69) is 13.8 Å². The molecule has 0 bridgehead atoms. The van der Waals surface area contributed by atoms with Gasteiger partial charge in [-0.2, -0.15) is 0 Å². The average Bonchev–Trinajstić information content (AvgIpc) is 2.05.